The predicted molar refractivity (Wildman–Crippen MR) is 65.8 cm³/mol. The Bertz CT molecular complexity index is 315. The third-order valence-corrected chi connectivity index (χ3v) is 3.53. The monoisotopic (exact) mass is 224 g/mol. The molecule has 0 aromatic heterocycles. The van der Waals surface area contributed by atoms with Crippen molar-refractivity contribution in [3.8, 4) is 0 Å². The van der Waals surface area contributed by atoms with Crippen LogP contribution in [0.3, 0.4) is 0 Å². The van der Waals surface area contributed by atoms with E-state index in [0.717, 1.165) is 12.0 Å². The Hall–Kier alpha value is -0.730. The molecule has 0 bridgehead atoms. The van der Waals surface area contributed by atoms with E-state index in [4.69, 9.17) is 0 Å². The van der Waals surface area contributed by atoms with Gasteiger partial charge in [-0.05, 0) is 24.5 Å². The SMILES string of the molecule is Cl.c1ccc(N2CC[C@H]3CNC[C@H]32)cc1. The molecule has 2 fully saturated rings. The summed E-state index contributed by atoms with van der Waals surface area (Å²) < 4.78 is 0. The van der Waals surface area contributed by atoms with Gasteiger partial charge in [-0.2, -0.15) is 0 Å². The van der Waals surface area contributed by atoms with Crippen LogP contribution in [0.15, 0.2) is 30.3 Å². The molecule has 15 heavy (non-hydrogen) atoms. The van der Waals surface area contributed by atoms with Gasteiger partial charge < -0.3 is 10.2 Å². The molecule has 82 valence electrons. The highest BCUT2D eigenvalue weighted by Gasteiger charge is 2.37. The summed E-state index contributed by atoms with van der Waals surface area (Å²) in [5.74, 6) is 0.884. The fourth-order valence-electron chi connectivity index (χ4n) is 2.79. The second-order valence-corrected chi connectivity index (χ2v) is 4.30. The minimum Gasteiger partial charge on any atom is -0.367 e. The van der Waals surface area contributed by atoms with Crippen LogP contribution in [-0.2, 0) is 0 Å². The first-order chi connectivity index (χ1) is 6.95. The van der Waals surface area contributed by atoms with Gasteiger partial charge in [0.15, 0.2) is 0 Å². The number of rotatable bonds is 1. The molecule has 2 aliphatic heterocycles. The molecule has 2 heterocycles. The van der Waals surface area contributed by atoms with Gasteiger partial charge in [0.2, 0.25) is 0 Å². The van der Waals surface area contributed by atoms with Crippen LogP contribution in [0.5, 0.6) is 0 Å². The Balaban J connectivity index is 0.000000853. The lowest BCUT2D eigenvalue weighted by Crippen LogP contribution is -2.33. The standard InChI is InChI=1S/C12H16N2.ClH/c1-2-4-11(5-3-1)14-7-6-10-8-13-9-12(10)14;/h1-5,10,12-13H,6-9H2;1H/t10-,12+;/m0./s1. The molecule has 2 saturated heterocycles. The molecule has 2 nitrogen and oxygen atoms in total. The third kappa shape index (κ3) is 1.84. The highest BCUT2D eigenvalue weighted by molar-refractivity contribution is 5.85. The maximum absolute atomic E-state index is 3.48. The van der Waals surface area contributed by atoms with Crippen molar-refractivity contribution in [2.45, 2.75) is 12.5 Å². The Kier molecular flexibility index (Phi) is 3.17. The molecule has 0 amide bonds. The summed E-state index contributed by atoms with van der Waals surface area (Å²) in [6.45, 7) is 3.62. The fourth-order valence-corrected chi connectivity index (χ4v) is 2.79. The second-order valence-electron chi connectivity index (χ2n) is 4.30. The van der Waals surface area contributed by atoms with E-state index in [9.17, 15) is 0 Å². The Morgan fingerprint density at radius 3 is 2.73 bits per heavy atom. The van der Waals surface area contributed by atoms with Crippen LogP contribution < -0.4 is 10.2 Å². The van der Waals surface area contributed by atoms with E-state index in [0.29, 0.717) is 0 Å². The summed E-state index contributed by atoms with van der Waals surface area (Å²) >= 11 is 0. The zero-order valence-corrected chi connectivity index (χ0v) is 9.54. The molecule has 0 radical (unpaired) electrons. The molecule has 0 aliphatic carbocycles. The van der Waals surface area contributed by atoms with Crippen molar-refractivity contribution >= 4 is 18.1 Å². The minimum atomic E-state index is 0. The summed E-state index contributed by atoms with van der Waals surface area (Å²) in [5.41, 5.74) is 1.39. The van der Waals surface area contributed by atoms with Gasteiger partial charge in [-0.25, -0.2) is 0 Å². The zero-order chi connectivity index (χ0) is 9.38. The first-order valence-corrected chi connectivity index (χ1v) is 5.47. The molecule has 3 rings (SSSR count). The number of hydrogen-bond acceptors (Lipinski definition) is 2. The number of halogens is 1. The quantitative estimate of drug-likeness (QED) is 0.784. The number of para-hydroxylation sites is 1. The lowest BCUT2D eigenvalue weighted by molar-refractivity contribution is 0.579. The average Bonchev–Trinajstić information content (AvgIpc) is 2.79. The Morgan fingerprint density at radius 2 is 1.93 bits per heavy atom. The molecule has 2 aliphatic rings. The summed E-state index contributed by atoms with van der Waals surface area (Å²) in [6, 6.07) is 11.5. The van der Waals surface area contributed by atoms with Crippen LogP contribution >= 0.6 is 12.4 Å². The van der Waals surface area contributed by atoms with Gasteiger partial charge >= 0.3 is 0 Å². The van der Waals surface area contributed by atoms with Crippen molar-refractivity contribution in [1.82, 2.24) is 5.32 Å². The lowest BCUT2D eigenvalue weighted by Gasteiger charge is -2.25. The topological polar surface area (TPSA) is 15.3 Å². The molecular formula is C12H17ClN2. The van der Waals surface area contributed by atoms with Gasteiger partial charge in [-0.15, -0.1) is 12.4 Å². The van der Waals surface area contributed by atoms with Crippen molar-refractivity contribution in [1.29, 1.82) is 0 Å². The van der Waals surface area contributed by atoms with Crippen LogP contribution in [0.4, 0.5) is 5.69 Å². The summed E-state index contributed by atoms with van der Waals surface area (Å²) in [6.07, 6.45) is 1.35. The lowest BCUT2D eigenvalue weighted by atomic mass is 10.1. The average molecular weight is 225 g/mol. The van der Waals surface area contributed by atoms with Crippen molar-refractivity contribution in [3.63, 3.8) is 0 Å². The van der Waals surface area contributed by atoms with Gasteiger partial charge in [0.1, 0.15) is 0 Å². The minimum absolute atomic E-state index is 0. The largest absolute Gasteiger partial charge is 0.367 e. The van der Waals surface area contributed by atoms with Crippen molar-refractivity contribution in [2.75, 3.05) is 24.5 Å². The molecule has 1 N–H and O–H groups in total. The van der Waals surface area contributed by atoms with E-state index in [1.54, 1.807) is 0 Å². The highest BCUT2D eigenvalue weighted by atomic mass is 35.5. The number of nitrogens with one attached hydrogen (secondary N) is 1. The summed E-state index contributed by atoms with van der Waals surface area (Å²) in [5, 5.41) is 3.48. The normalized spacial score (nSPS) is 28.7. The van der Waals surface area contributed by atoms with E-state index < -0.39 is 0 Å². The van der Waals surface area contributed by atoms with Gasteiger partial charge in [-0.1, -0.05) is 18.2 Å². The van der Waals surface area contributed by atoms with E-state index in [1.807, 2.05) is 0 Å². The number of hydrogen-bond donors (Lipinski definition) is 1. The van der Waals surface area contributed by atoms with E-state index in [-0.39, 0.29) is 12.4 Å². The van der Waals surface area contributed by atoms with Gasteiger partial charge in [0.05, 0.1) is 0 Å². The van der Waals surface area contributed by atoms with Crippen LogP contribution in [-0.4, -0.2) is 25.7 Å². The Morgan fingerprint density at radius 1 is 1.13 bits per heavy atom. The van der Waals surface area contributed by atoms with Crippen LogP contribution in [0.2, 0.25) is 0 Å². The highest BCUT2D eigenvalue weighted by Crippen LogP contribution is 2.31. The first-order valence-electron chi connectivity index (χ1n) is 5.47. The van der Waals surface area contributed by atoms with Gasteiger partial charge in [0, 0.05) is 31.4 Å². The van der Waals surface area contributed by atoms with E-state index in [1.165, 1.54) is 31.7 Å². The number of anilines is 1. The molecule has 1 aromatic rings. The van der Waals surface area contributed by atoms with E-state index >= 15 is 0 Å². The van der Waals surface area contributed by atoms with Crippen LogP contribution in [0.1, 0.15) is 6.42 Å². The fraction of sp³-hybridized carbons (Fsp3) is 0.500. The molecule has 0 unspecified atom stereocenters. The van der Waals surface area contributed by atoms with Gasteiger partial charge in [-0.3, -0.25) is 0 Å². The number of benzene rings is 1. The number of fused-ring (bicyclic) bond motifs is 1. The second kappa shape index (κ2) is 4.42. The van der Waals surface area contributed by atoms with Gasteiger partial charge in [0.25, 0.3) is 0 Å². The molecule has 1 aromatic carbocycles. The van der Waals surface area contributed by atoms with Crippen LogP contribution in [0, 0.1) is 5.92 Å². The maximum Gasteiger partial charge on any atom is 0.0455 e. The number of nitrogens with zero attached hydrogens (tertiary/aromatic N) is 1. The predicted octanol–water partition coefficient (Wildman–Crippen LogP) is 1.91. The smallest absolute Gasteiger partial charge is 0.0455 e. The first kappa shape index (κ1) is 10.8. The van der Waals surface area contributed by atoms with Crippen molar-refractivity contribution < 1.29 is 0 Å². The van der Waals surface area contributed by atoms with E-state index in [2.05, 4.69) is 40.5 Å². The zero-order valence-electron chi connectivity index (χ0n) is 8.73. The molecule has 0 saturated carbocycles. The van der Waals surface area contributed by atoms with Crippen molar-refractivity contribution in [2.24, 2.45) is 5.92 Å². The van der Waals surface area contributed by atoms with Crippen molar-refractivity contribution in [3.05, 3.63) is 30.3 Å². The molecular weight excluding hydrogens is 208 g/mol. The molecule has 2 atom stereocenters. The summed E-state index contributed by atoms with van der Waals surface area (Å²) in [4.78, 5) is 2.56. The maximum atomic E-state index is 3.48. The molecule has 3 heteroatoms. The summed E-state index contributed by atoms with van der Waals surface area (Å²) in [7, 11) is 0. The van der Waals surface area contributed by atoms with Crippen LogP contribution in [0.25, 0.3) is 0 Å². The Labute approximate surface area is 97.1 Å². The molecule has 0 spiro atoms. The third-order valence-electron chi connectivity index (χ3n) is 3.53.